The maximum absolute atomic E-state index is 12.1. The fraction of sp³-hybridized carbons (Fsp3) is 0.917. The first-order valence-corrected chi connectivity index (χ1v) is 6.19. The van der Waals surface area contributed by atoms with Crippen molar-refractivity contribution in [1.29, 1.82) is 0 Å². The first-order valence-electron chi connectivity index (χ1n) is 6.19. The molecule has 0 radical (unpaired) electrons. The van der Waals surface area contributed by atoms with Gasteiger partial charge in [0.1, 0.15) is 0 Å². The Hall–Kier alpha value is -0.610. The Labute approximate surface area is 97.3 Å². The SMILES string of the molecule is CCCCC(C)C(=O)N1CC(O)CC1CO. The monoisotopic (exact) mass is 229 g/mol. The molecule has 1 fully saturated rings. The fourth-order valence-electron chi connectivity index (χ4n) is 2.25. The maximum atomic E-state index is 12.1. The summed E-state index contributed by atoms with van der Waals surface area (Å²) in [6.07, 6.45) is 3.05. The fourth-order valence-corrected chi connectivity index (χ4v) is 2.25. The van der Waals surface area contributed by atoms with Crippen molar-refractivity contribution in [1.82, 2.24) is 4.90 Å². The average Bonchev–Trinajstić information content (AvgIpc) is 2.66. The Kier molecular flexibility index (Phi) is 5.22. The Balaban J connectivity index is 2.51. The number of unbranched alkanes of at least 4 members (excludes halogenated alkanes) is 1. The van der Waals surface area contributed by atoms with Gasteiger partial charge in [0.15, 0.2) is 0 Å². The zero-order chi connectivity index (χ0) is 12.1. The predicted molar refractivity (Wildman–Crippen MR) is 61.9 cm³/mol. The normalized spacial score (nSPS) is 27.1. The van der Waals surface area contributed by atoms with E-state index in [2.05, 4.69) is 6.92 Å². The lowest BCUT2D eigenvalue weighted by Gasteiger charge is -2.26. The third-order valence-corrected chi connectivity index (χ3v) is 3.30. The standard InChI is InChI=1S/C12H23NO3/c1-3-4-5-9(2)12(16)13-7-11(15)6-10(13)8-14/h9-11,14-15H,3-8H2,1-2H3. The van der Waals surface area contributed by atoms with E-state index in [1.165, 1.54) is 0 Å². The van der Waals surface area contributed by atoms with Crippen LogP contribution in [-0.2, 0) is 4.79 Å². The number of likely N-dealkylation sites (tertiary alicyclic amines) is 1. The van der Waals surface area contributed by atoms with Gasteiger partial charge in [0.25, 0.3) is 0 Å². The summed E-state index contributed by atoms with van der Waals surface area (Å²) in [5.74, 6) is 0.0725. The molecule has 1 rings (SSSR count). The van der Waals surface area contributed by atoms with E-state index in [1.807, 2.05) is 6.92 Å². The van der Waals surface area contributed by atoms with E-state index in [1.54, 1.807) is 4.90 Å². The van der Waals surface area contributed by atoms with Crippen molar-refractivity contribution < 1.29 is 15.0 Å². The van der Waals surface area contributed by atoms with Crippen LogP contribution in [0.5, 0.6) is 0 Å². The highest BCUT2D eigenvalue weighted by Crippen LogP contribution is 2.21. The Morgan fingerprint density at radius 3 is 2.81 bits per heavy atom. The van der Waals surface area contributed by atoms with E-state index >= 15 is 0 Å². The Morgan fingerprint density at radius 1 is 1.56 bits per heavy atom. The summed E-state index contributed by atoms with van der Waals surface area (Å²) in [4.78, 5) is 13.7. The van der Waals surface area contributed by atoms with Gasteiger partial charge in [0.05, 0.1) is 18.8 Å². The summed E-state index contributed by atoms with van der Waals surface area (Å²) >= 11 is 0. The van der Waals surface area contributed by atoms with E-state index in [9.17, 15) is 9.90 Å². The number of carbonyl (C=O) groups is 1. The molecule has 0 bridgehead atoms. The number of nitrogens with zero attached hydrogens (tertiary/aromatic N) is 1. The molecule has 3 atom stereocenters. The number of β-amino-alcohol motifs (C(OH)–C–C–N with tert-alkyl or cyclic N) is 1. The molecule has 0 spiro atoms. The van der Waals surface area contributed by atoms with E-state index in [-0.39, 0.29) is 24.5 Å². The summed E-state index contributed by atoms with van der Waals surface area (Å²) in [5.41, 5.74) is 0. The van der Waals surface area contributed by atoms with Crippen molar-refractivity contribution in [2.75, 3.05) is 13.2 Å². The van der Waals surface area contributed by atoms with Gasteiger partial charge in [-0.2, -0.15) is 0 Å². The van der Waals surface area contributed by atoms with Crippen molar-refractivity contribution in [3.05, 3.63) is 0 Å². The molecular formula is C12H23NO3. The van der Waals surface area contributed by atoms with Gasteiger partial charge in [-0.15, -0.1) is 0 Å². The molecule has 4 heteroatoms. The second kappa shape index (κ2) is 6.21. The number of hydrogen-bond acceptors (Lipinski definition) is 3. The lowest BCUT2D eigenvalue weighted by Crippen LogP contribution is -2.41. The van der Waals surface area contributed by atoms with Crippen LogP contribution in [0.25, 0.3) is 0 Å². The lowest BCUT2D eigenvalue weighted by molar-refractivity contribution is -0.137. The van der Waals surface area contributed by atoms with Crippen LogP contribution < -0.4 is 0 Å². The van der Waals surface area contributed by atoms with Crippen LogP contribution >= 0.6 is 0 Å². The van der Waals surface area contributed by atoms with Gasteiger partial charge in [0.2, 0.25) is 5.91 Å². The van der Waals surface area contributed by atoms with Crippen molar-refractivity contribution in [3.63, 3.8) is 0 Å². The van der Waals surface area contributed by atoms with E-state index < -0.39 is 6.10 Å². The van der Waals surface area contributed by atoms with Crippen molar-refractivity contribution >= 4 is 5.91 Å². The first-order chi connectivity index (χ1) is 7.60. The molecule has 2 N–H and O–H groups in total. The molecule has 4 nitrogen and oxygen atoms in total. The number of hydrogen-bond donors (Lipinski definition) is 2. The molecule has 1 aliphatic heterocycles. The van der Waals surface area contributed by atoms with Crippen molar-refractivity contribution in [2.24, 2.45) is 5.92 Å². The average molecular weight is 229 g/mol. The molecule has 94 valence electrons. The molecule has 0 aromatic rings. The zero-order valence-corrected chi connectivity index (χ0v) is 10.2. The number of rotatable bonds is 5. The second-order valence-electron chi connectivity index (χ2n) is 4.76. The van der Waals surface area contributed by atoms with Gasteiger partial charge in [-0.1, -0.05) is 26.7 Å². The van der Waals surface area contributed by atoms with Crippen LogP contribution in [-0.4, -0.2) is 46.3 Å². The van der Waals surface area contributed by atoms with Crippen LogP contribution in [0.4, 0.5) is 0 Å². The molecule has 0 aliphatic carbocycles. The predicted octanol–water partition coefficient (Wildman–Crippen LogP) is 0.767. The molecule has 16 heavy (non-hydrogen) atoms. The minimum Gasteiger partial charge on any atom is -0.394 e. The topological polar surface area (TPSA) is 60.8 Å². The van der Waals surface area contributed by atoms with Crippen LogP contribution in [0.2, 0.25) is 0 Å². The summed E-state index contributed by atoms with van der Waals surface area (Å²) < 4.78 is 0. The molecule has 1 heterocycles. The molecule has 1 amide bonds. The molecule has 0 aromatic heterocycles. The van der Waals surface area contributed by atoms with Gasteiger partial charge in [-0.3, -0.25) is 4.79 Å². The minimum atomic E-state index is -0.473. The quantitative estimate of drug-likeness (QED) is 0.732. The van der Waals surface area contributed by atoms with Gasteiger partial charge >= 0.3 is 0 Å². The van der Waals surface area contributed by atoms with Crippen LogP contribution in [0.15, 0.2) is 0 Å². The number of aliphatic hydroxyl groups is 2. The summed E-state index contributed by atoms with van der Waals surface area (Å²) in [5, 5.41) is 18.7. The van der Waals surface area contributed by atoms with E-state index in [0.717, 1.165) is 19.3 Å². The van der Waals surface area contributed by atoms with Crippen LogP contribution in [0, 0.1) is 5.92 Å². The van der Waals surface area contributed by atoms with Gasteiger partial charge in [-0.05, 0) is 12.8 Å². The van der Waals surface area contributed by atoms with E-state index in [0.29, 0.717) is 13.0 Å². The number of carbonyl (C=O) groups excluding carboxylic acids is 1. The van der Waals surface area contributed by atoms with Gasteiger partial charge < -0.3 is 15.1 Å². The lowest BCUT2D eigenvalue weighted by atomic mass is 10.0. The highest BCUT2D eigenvalue weighted by molar-refractivity contribution is 5.79. The molecule has 3 unspecified atom stereocenters. The molecule has 0 saturated carbocycles. The highest BCUT2D eigenvalue weighted by atomic mass is 16.3. The minimum absolute atomic E-state index is 0.000648. The summed E-state index contributed by atoms with van der Waals surface area (Å²) in [7, 11) is 0. The third-order valence-electron chi connectivity index (χ3n) is 3.30. The Bertz CT molecular complexity index is 232. The van der Waals surface area contributed by atoms with Crippen LogP contribution in [0.1, 0.15) is 39.5 Å². The largest absolute Gasteiger partial charge is 0.394 e. The highest BCUT2D eigenvalue weighted by Gasteiger charge is 2.35. The smallest absolute Gasteiger partial charge is 0.225 e. The van der Waals surface area contributed by atoms with E-state index in [4.69, 9.17) is 5.11 Å². The zero-order valence-electron chi connectivity index (χ0n) is 10.2. The summed E-state index contributed by atoms with van der Waals surface area (Å²) in [6.45, 7) is 4.36. The third kappa shape index (κ3) is 3.19. The summed E-state index contributed by atoms with van der Waals surface area (Å²) in [6, 6.07) is -0.188. The maximum Gasteiger partial charge on any atom is 0.225 e. The first kappa shape index (κ1) is 13.5. The molecule has 1 aliphatic rings. The number of aliphatic hydroxyl groups excluding tert-OH is 2. The molecule has 1 saturated heterocycles. The Morgan fingerprint density at radius 2 is 2.25 bits per heavy atom. The second-order valence-corrected chi connectivity index (χ2v) is 4.76. The van der Waals surface area contributed by atoms with Crippen molar-refractivity contribution in [3.8, 4) is 0 Å². The molecular weight excluding hydrogens is 206 g/mol. The van der Waals surface area contributed by atoms with Crippen molar-refractivity contribution in [2.45, 2.75) is 51.7 Å². The van der Waals surface area contributed by atoms with Gasteiger partial charge in [0, 0.05) is 12.5 Å². The molecule has 0 aromatic carbocycles. The number of amides is 1. The van der Waals surface area contributed by atoms with Gasteiger partial charge in [-0.25, -0.2) is 0 Å². The van der Waals surface area contributed by atoms with Crippen LogP contribution in [0.3, 0.4) is 0 Å².